The van der Waals surface area contributed by atoms with Crippen LogP contribution in [0.25, 0.3) is 0 Å². The third kappa shape index (κ3) is 5.03. The van der Waals surface area contributed by atoms with E-state index in [0.717, 1.165) is 23.4 Å². The van der Waals surface area contributed by atoms with Gasteiger partial charge in [0.2, 0.25) is 5.13 Å². The molecule has 1 aromatic heterocycles. The van der Waals surface area contributed by atoms with Gasteiger partial charge in [-0.2, -0.15) is 4.37 Å². The fraction of sp³-hybridized carbons (Fsp3) is 0.300. The minimum atomic E-state index is -4.40. The van der Waals surface area contributed by atoms with Crippen LogP contribution in [-0.2, 0) is 14.8 Å². The fourth-order valence-electron chi connectivity index (χ4n) is 3.52. The van der Waals surface area contributed by atoms with Crippen molar-refractivity contribution in [3.8, 4) is 5.75 Å². The molecule has 7 nitrogen and oxygen atoms in total. The summed E-state index contributed by atoms with van der Waals surface area (Å²) in [6.45, 7) is 0.869. The highest BCUT2D eigenvalue weighted by atomic mass is 32.2. The summed E-state index contributed by atoms with van der Waals surface area (Å²) in [5, 5.41) is -0.0748. The maximum atomic E-state index is 14.6. The van der Waals surface area contributed by atoms with E-state index < -0.39 is 32.3 Å². The van der Waals surface area contributed by atoms with Gasteiger partial charge < -0.3 is 9.47 Å². The van der Waals surface area contributed by atoms with Crippen LogP contribution in [0.5, 0.6) is 5.75 Å². The Balaban J connectivity index is 1.49. The van der Waals surface area contributed by atoms with E-state index in [-0.39, 0.29) is 29.4 Å². The van der Waals surface area contributed by atoms with Gasteiger partial charge in [0.1, 0.15) is 22.9 Å². The highest BCUT2D eigenvalue weighted by molar-refractivity contribution is 7.93. The molecular formula is C20H18F3N3O4S2. The van der Waals surface area contributed by atoms with Crippen molar-refractivity contribution in [3.05, 3.63) is 65.7 Å². The van der Waals surface area contributed by atoms with Gasteiger partial charge in [0, 0.05) is 36.2 Å². The molecule has 0 bridgehead atoms. The highest BCUT2D eigenvalue weighted by Gasteiger charge is 2.29. The molecule has 0 unspecified atom stereocenters. The first-order valence-electron chi connectivity index (χ1n) is 9.58. The average Bonchev–Trinajstić information content (AvgIpc) is 3.27. The van der Waals surface area contributed by atoms with Gasteiger partial charge in [-0.05, 0) is 30.0 Å². The number of nitrogens with one attached hydrogen (secondary N) is 1. The van der Waals surface area contributed by atoms with Crippen molar-refractivity contribution < 1.29 is 31.1 Å². The van der Waals surface area contributed by atoms with Crippen LogP contribution in [0.2, 0.25) is 0 Å². The Morgan fingerprint density at radius 2 is 1.94 bits per heavy atom. The van der Waals surface area contributed by atoms with Crippen molar-refractivity contribution >= 4 is 26.7 Å². The van der Waals surface area contributed by atoms with Crippen molar-refractivity contribution in [2.75, 3.05) is 24.5 Å². The lowest BCUT2D eigenvalue weighted by atomic mass is 9.83. The van der Waals surface area contributed by atoms with E-state index in [0.29, 0.717) is 31.8 Å². The number of aromatic nitrogens is 2. The lowest BCUT2D eigenvalue weighted by Crippen LogP contribution is -2.30. The first-order chi connectivity index (χ1) is 15.3. The number of nitrogens with zero attached hydrogens (tertiary/aromatic N) is 2. The summed E-state index contributed by atoms with van der Waals surface area (Å²) >= 11 is 0.756. The monoisotopic (exact) mass is 485 g/mol. The van der Waals surface area contributed by atoms with Crippen molar-refractivity contribution in [1.29, 1.82) is 0 Å². The smallest absolute Gasteiger partial charge is 0.266 e. The second-order valence-electron chi connectivity index (χ2n) is 7.16. The maximum absolute atomic E-state index is 14.6. The van der Waals surface area contributed by atoms with Crippen LogP contribution in [0.3, 0.4) is 0 Å². The zero-order valence-electron chi connectivity index (χ0n) is 16.5. The summed E-state index contributed by atoms with van der Waals surface area (Å²) in [6.07, 6.45) is 1.80. The van der Waals surface area contributed by atoms with Crippen molar-refractivity contribution in [1.82, 2.24) is 9.36 Å². The van der Waals surface area contributed by atoms with Crippen LogP contribution in [0.4, 0.5) is 18.3 Å². The fourth-order valence-corrected chi connectivity index (χ4v) is 5.26. The molecule has 12 heteroatoms. The molecule has 0 radical (unpaired) electrons. The molecule has 0 amide bonds. The summed E-state index contributed by atoms with van der Waals surface area (Å²) < 4.78 is 83.7. The van der Waals surface area contributed by atoms with Crippen molar-refractivity contribution in [3.63, 3.8) is 0 Å². The Bertz CT molecular complexity index is 1180. The number of hydrogen-bond acceptors (Lipinski definition) is 7. The minimum Gasteiger partial charge on any atom is -0.490 e. The molecule has 2 aromatic carbocycles. The Morgan fingerprint density at radius 3 is 2.66 bits per heavy atom. The second kappa shape index (κ2) is 9.43. The summed E-state index contributed by atoms with van der Waals surface area (Å²) in [4.78, 5) is 2.79. The number of sulfonamides is 1. The molecule has 1 saturated heterocycles. The Labute approximate surface area is 186 Å². The van der Waals surface area contributed by atoms with E-state index in [1.807, 2.05) is 4.72 Å². The predicted octanol–water partition coefficient (Wildman–Crippen LogP) is 3.96. The number of hydrogen-bond donors (Lipinski definition) is 1. The highest BCUT2D eigenvalue weighted by Crippen LogP contribution is 2.33. The molecular weight excluding hydrogens is 467 g/mol. The summed E-state index contributed by atoms with van der Waals surface area (Å²) in [7, 11) is -4.40. The standard InChI is InChI=1S/C20H18F3N3O4S2/c21-14-3-1-12(2-4-14)15-5-6-29-9-13(15)10-30-18-7-17(23)19(8-16(18)22)32(27,28)26-20-24-11-25-31-20/h1-4,7-8,11,13,15H,5-6,9-10H2,(H,24,25,26)/t13-,15-/m1/s1. The molecule has 1 N–H and O–H groups in total. The second-order valence-corrected chi connectivity index (χ2v) is 9.59. The summed E-state index contributed by atoms with van der Waals surface area (Å²) in [5.74, 6) is -3.15. The predicted molar refractivity (Wildman–Crippen MR) is 111 cm³/mol. The third-order valence-corrected chi connectivity index (χ3v) is 7.15. The minimum absolute atomic E-state index is 0.00647. The van der Waals surface area contributed by atoms with E-state index in [2.05, 4.69) is 9.36 Å². The number of rotatable bonds is 7. The van der Waals surface area contributed by atoms with Gasteiger partial charge in [0.15, 0.2) is 11.6 Å². The van der Waals surface area contributed by atoms with Crippen LogP contribution < -0.4 is 9.46 Å². The van der Waals surface area contributed by atoms with Crippen LogP contribution in [-0.4, -0.2) is 37.6 Å². The van der Waals surface area contributed by atoms with Crippen LogP contribution in [0.1, 0.15) is 17.9 Å². The lowest BCUT2D eigenvalue weighted by Gasteiger charge is -2.31. The van der Waals surface area contributed by atoms with Gasteiger partial charge in [-0.25, -0.2) is 26.6 Å². The van der Waals surface area contributed by atoms with Crippen LogP contribution in [0, 0.1) is 23.4 Å². The van der Waals surface area contributed by atoms with Crippen LogP contribution in [0.15, 0.2) is 47.6 Å². The molecule has 0 aliphatic carbocycles. The first-order valence-corrected chi connectivity index (χ1v) is 11.8. The number of benzene rings is 2. The molecule has 170 valence electrons. The molecule has 2 atom stereocenters. The van der Waals surface area contributed by atoms with Gasteiger partial charge in [-0.15, -0.1) is 0 Å². The molecule has 32 heavy (non-hydrogen) atoms. The quantitative estimate of drug-likeness (QED) is 0.545. The van der Waals surface area contributed by atoms with Crippen molar-refractivity contribution in [2.45, 2.75) is 17.2 Å². The summed E-state index contributed by atoms with van der Waals surface area (Å²) in [6, 6.07) is 7.36. The van der Waals surface area contributed by atoms with E-state index in [9.17, 15) is 21.6 Å². The molecule has 1 fully saturated rings. The Morgan fingerprint density at radius 1 is 1.16 bits per heavy atom. The van der Waals surface area contributed by atoms with E-state index in [1.54, 1.807) is 12.1 Å². The third-order valence-electron chi connectivity index (χ3n) is 5.08. The average molecular weight is 486 g/mol. The molecule has 2 heterocycles. The van der Waals surface area contributed by atoms with Crippen molar-refractivity contribution in [2.24, 2.45) is 5.92 Å². The van der Waals surface area contributed by atoms with Crippen LogP contribution >= 0.6 is 11.5 Å². The lowest BCUT2D eigenvalue weighted by molar-refractivity contribution is 0.0199. The van der Waals surface area contributed by atoms with Gasteiger partial charge >= 0.3 is 0 Å². The zero-order chi connectivity index (χ0) is 22.7. The van der Waals surface area contributed by atoms with Gasteiger partial charge in [0.25, 0.3) is 10.0 Å². The Hall–Kier alpha value is -2.70. The number of ether oxygens (including phenoxy) is 2. The van der Waals surface area contributed by atoms with E-state index in [1.165, 1.54) is 12.1 Å². The molecule has 0 saturated carbocycles. The van der Waals surface area contributed by atoms with E-state index in [4.69, 9.17) is 9.47 Å². The zero-order valence-corrected chi connectivity index (χ0v) is 18.1. The maximum Gasteiger partial charge on any atom is 0.266 e. The molecule has 1 aliphatic rings. The number of halogens is 3. The first kappa shape index (κ1) is 22.5. The molecule has 3 aromatic rings. The molecule has 0 spiro atoms. The molecule has 4 rings (SSSR count). The Kier molecular flexibility index (Phi) is 6.63. The summed E-state index contributed by atoms with van der Waals surface area (Å²) in [5.41, 5.74) is 0.902. The van der Waals surface area contributed by atoms with Gasteiger partial charge in [-0.3, -0.25) is 4.72 Å². The largest absolute Gasteiger partial charge is 0.490 e. The normalized spacial score (nSPS) is 19.0. The van der Waals surface area contributed by atoms with E-state index >= 15 is 0 Å². The number of anilines is 1. The van der Waals surface area contributed by atoms with Gasteiger partial charge in [-0.1, -0.05) is 12.1 Å². The topological polar surface area (TPSA) is 90.4 Å². The molecule has 1 aliphatic heterocycles. The van der Waals surface area contributed by atoms with Gasteiger partial charge in [0.05, 0.1) is 13.2 Å². The SMILES string of the molecule is O=S(=O)(Nc1ncns1)c1cc(F)c(OC[C@H]2COCC[C@@H]2c2ccc(F)cc2)cc1F.